The fourth-order valence-electron chi connectivity index (χ4n) is 4.00. The summed E-state index contributed by atoms with van der Waals surface area (Å²) in [6.07, 6.45) is 2.98. The number of oxime groups is 1. The number of nitrogens with zero attached hydrogens (tertiary/aromatic N) is 2. The van der Waals surface area contributed by atoms with E-state index in [0.29, 0.717) is 43.8 Å². The van der Waals surface area contributed by atoms with Crippen molar-refractivity contribution in [2.45, 2.75) is 50.7 Å². The first-order valence-corrected chi connectivity index (χ1v) is 9.85. The number of ether oxygens (including phenoxy) is 1. The number of hydrogen-bond acceptors (Lipinski definition) is 6. The van der Waals surface area contributed by atoms with Crippen LogP contribution in [0.5, 0.6) is 0 Å². The molecule has 1 saturated heterocycles. The molecular formula is C18H22N2O5S. The molecule has 26 heavy (non-hydrogen) atoms. The highest BCUT2D eigenvalue weighted by molar-refractivity contribution is 7.14. The van der Waals surface area contributed by atoms with Gasteiger partial charge in [0.15, 0.2) is 0 Å². The average Bonchev–Trinajstić information content (AvgIpc) is 3.30. The maximum atomic E-state index is 12.7. The largest absolute Gasteiger partial charge is 0.477 e. The second-order valence-corrected chi connectivity index (χ2v) is 8.12. The highest BCUT2D eigenvalue weighted by atomic mass is 32.1. The maximum Gasteiger partial charge on any atom is 0.345 e. The normalized spacial score (nSPS) is 24.1. The van der Waals surface area contributed by atoms with Gasteiger partial charge in [0, 0.05) is 30.8 Å². The number of hydrogen-bond donors (Lipinski definition) is 1. The Morgan fingerprint density at radius 1 is 1.42 bits per heavy atom. The summed E-state index contributed by atoms with van der Waals surface area (Å²) in [6, 6.07) is 1.76. The third-order valence-electron chi connectivity index (χ3n) is 5.51. The molecule has 3 aliphatic rings. The third-order valence-corrected chi connectivity index (χ3v) is 6.70. The molecule has 4 heterocycles. The van der Waals surface area contributed by atoms with Crippen LogP contribution in [0.1, 0.15) is 52.7 Å². The zero-order valence-electron chi connectivity index (χ0n) is 14.7. The lowest BCUT2D eigenvalue weighted by Gasteiger charge is -2.44. The van der Waals surface area contributed by atoms with Crippen LogP contribution < -0.4 is 0 Å². The Hall–Kier alpha value is -1.93. The smallest absolute Gasteiger partial charge is 0.345 e. The molecular weight excluding hydrogens is 356 g/mol. The van der Waals surface area contributed by atoms with Crippen molar-refractivity contribution in [3.63, 3.8) is 0 Å². The fourth-order valence-corrected chi connectivity index (χ4v) is 5.07. The number of aromatic carboxylic acids is 1. The minimum absolute atomic E-state index is 0.0142. The zero-order chi connectivity index (χ0) is 18.3. The van der Waals surface area contributed by atoms with E-state index in [2.05, 4.69) is 5.16 Å². The van der Waals surface area contributed by atoms with Crippen molar-refractivity contribution in [3.8, 4) is 0 Å². The second-order valence-electron chi connectivity index (χ2n) is 6.98. The minimum Gasteiger partial charge on any atom is -0.477 e. The van der Waals surface area contributed by atoms with E-state index < -0.39 is 17.7 Å². The summed E-state index contributed by atoms with van der Waals surface area (Å²) in [5.74, 6) is -0.906. The van der Waals surface area contributed by atoms with Gasteiger partial charge in [0.25, 0.3) is 5.91 Å². The molecule has 140 valence electrons. The molecule has 0 aromatic carbocycles. The van der Waals surface area contributed by atoms with E-state index in [4.69, 9.17) is 9.57 Å². The van der Waals surface area contributed by atoms with Crippen LogP contribution in [0.3, 0.4) is 0 Å². The van der Waals surface area contributed by atoms with Gasteiger partial charge in [-0.3, -0.25) is 4.79 Å². The van der Waals surface area contributed by atoms with Crippen molar-refractivity contribution in [3.05, 3.63) is 21.4 Å². The number of rotatable bonds is 3. The summed E-state index contributed by atoms with van der Waals surface area (Å²) < 4.78 is 6.14. The molecule has 1 aromatic rings. The summed E-state index contributed by atoms with van der Waals surface area (Å²) >= 11 is 1.35. The lowest BCUT2D eigenvalue weighted by molar-refractivity contribution is -0.150. The van der Waals surface area contributed by atoms with Crippen LogP contribution in [0.15, 0.2) is 11.2 Å². The summed E-state index contributed by atoms with van der Waals surface area (Å²) in [4.78, 5) is 32.6. The van der Waals surface area contributed by atoms with Gasteiger partial charge in [-0.2, -0.15) is 0 Å². The molecule has 8 heteroatoms. The third kappa shape index (κ3) is 2.91. The van der Waals surface area contributed by atoms with Gasteiger partial charge in [0.1, 0.15) is 4.88 Å². The Kier molecular flexibility index (Phi) is 4.48. The van der Waals surface area contributed by atoms with Crippen molar-refractivity contribution in [2.24, 2.45) is 5.16 Å². The van der Waals surface area contributed by atoms with Gasteiger partial charge in [-0.05, 0) is 30.9 Å². The number of amides is 1. The highest BCUT2D eigenvalue weighted by Gasteiger charge is 2.44. The predicted octanol–water partition coefficient (Wildman–Crippen LogP) is 2.39. The molecule has 3 aliphatic heterocycles. The second kappa shape index (κ2) is 6.66. The molecule has 1 amide bonds. The minimum atomic E-state index is -0.891. The zero-order valence-corrected chi connectivity index (χ0v) is 15.5. The molecule has 0 aliphatic carbocycles. The molecule has 1 fully saturated rings. The number of thiophene rings is 1. The number of carboxylic acids is 1. The van der Waals surface area contributed by atoms with Gasteiger partial charge in [-0.25, -0.2) is 4.79 Å². The first kappa shape index (κ1) is 17.5. The summed E-state index contributed by atoms with van der Waals surface area (Å²) in [6.45, 7) is 3.76. The van der Waals surface area contributed by atoms with Gasteiger partial charge in [0.05, 0.1) is 17.9 Å². The molecule has 0 bridgehead atoms. The quantitative estimate of drug-likeness (QED) is 0.872. The number of piperidine rings is 1. The standard InChI is InChI=1S/C18H22N2O5S/c1-2-11-9-13(25-19-11)16(21)20-6-4-18(5-7-20)12-10-15(17(22)23)26-14(12)3-8-24-18/h10,13H,2-9H2,1H3,(H,22,23). The number of carboxylic acid groups (broad SMARTS) is 1. The van der Waals surface area contributed by atoms with E-state index in [9.17, 15) is 14.7 Å². The predicted molar refractivity (Wildman–Crippen MR) is 95.6 cm³/mol. The van der Waals surface area contributed by atoms with E-state index >= 15 is 0 Å². The molecule has 1 N–H and O–H groups in total. The van der Waals surface area contributed by atoms with Gasteiger partial charge in [-0.15, -0.1) is 11.3 Å². The van der Waals surface area contributed by atoms with E-state index in [0.717, 1.165) is 29.0 Å². The lowest BCUT2D eigenvalue weighted by Crippen LogP contribution is -2.50. The summed E-state index contributed by atoms with van der Waals surface area (Å²) in [5.41, 5.74) is 1.47. The molecule has 4 rings (SSSR count). The fraction of sp³-hybridized carbons (Fsp3) is 0.611. The van der Waals surface area contributed by atoms with E-state index in [1.54, 1.807) is 6.07 Å². The molecule has 1 unspecified atom stereocenters. The van der Waals surface area contributed by atoms with Crippen LogP contribution in [0.25, 0.3) is 0 Å². The van der Waals surface area contributed by atoms with E-state index in [-0.39, 0.29) is 5.91 Å². The van der Waals surface area contributed by atoms with Crippen LogP contribution in [0.2, 0.25) is 0 Å². The van der Waals surface area contributed by atoms with Crippen LogP contribution in [0, 0.1) is 0 Å². The molecule has 0 saturated carbocycles. The average molecular weight is 378 g/mol. The van der Waals surface area contributed by atoms with Crippen LogP contribution >= 0.6 is 11.3 Å². The van der Waals surface area contributed by atoms with E-state index in [1.165, 1.54) is 11.3 Å². The molecule has 1 aromatic heterocycles. The van der Waals surface area contributed by atoms with Crippen molar-refractivity contribution in [1.29, 1.82) is 0 Å². The Morgan fingerprint density at radius 2 is 2.19 bits per heavy atom. The Balaban J connectivity index is 1.46. The number of likely N-dealkylation sites (tertiary alicyclic amines) is 1. The van der Waals surface area contributed by atoms with Gasteiger partial charge >= 0.3 is 5.97 Å². The molecule has 0 radical (unpaired) electrons. The van der Waals surface area contributed by atoms with Crippen molar-refractivity contribution in [1.82, 2.24) is 4.90 Å². The first-order valence-electron chi connectivity index (χ1n) is 9.03. The maximum absolute atomic E-state index is 12.7. The number of carbonyl (C=O) groups is 2. The van der Waals surface area contributed by atoms with Crippen molar-refractivity contribution < 1.29 is 24.3 Å². The van der Waals surface area contributed by atoms with Crippen LogP contribution in [-0.2, 0) is 26.4 Å². The summed E-state index contributed by atoms with van der Waals surface area (Å²) in [5, 5.41) is 13.3. The van der Waals surface area contributed by atoms with Gasteiger partial charge in [0.2, 0.25) is 6.10 Å². The highest BCUT2D eigenvalue weighted by Crippen LogP contribution is 2.44. The molecule has 1 spiro atoms. The molecule has 1 atom stereocenters. The number of carbonyl (C=O) groups excluding carboxylic acids is 1. The van der Waals surface area contributed by atoms with Gasteiger partial charge in [-0.1, -0.05) is 12.1 Å². The Bertz CT molecular complexity index is 764. The van der Waals surface area contributed by atoms with Crippen molar-refractivity contribution >= 4 is 28.9 Å². The van der Waals surface area contributed by atoms with Crippen LogP contribution in [-0.4, -0.2) is 53.4 Å². The molecule has 7 nitrogen and oxygen atoms in total. The SMILES string of the molecule is CCC1=NOC(C(=O)N2CCC3(CC2)OCCc2sc(C(=O)O)cc23)C1. The lowest BCUT2D eigenvalue weighted by atomic mass is 9.82. The topological polar surface area (TPSA) is 88.4 Å². The first-order chi connectivity index (χ1) is 12.5. The summed E-state index contributed by atoms with van der Waals surface area (Å²) in [7, 11) is 0. The van der Waals surface area contributed by atoms with Crippen molar-refractivity contribution in [2.75, 3.05) is 19.7 Å². The van der Waals surface area contributed by atoms with Crippen LogP contribution in [0.4, 0.5) is 0 Å². The van der Waals surface area contributed by atoms with Gasteiger partial charge < -0.3 is 19.6 Å². The number of fused-ring (bicyclic) bond motifs is 2. The monoisotopic (exact) mass is 378 g/mol. The Labute approximate surface area is 155 Å². The van der Waals surface area contributed by atoms with E-state index in [1.807, 2.05) is 11.8 Å². The Morgan fingerprint density at radius 3 is 2.85 bits per heavy atom.